The molecule has 30 heteroatoms. The lowest BCUT2D eigenvalue weighted by Gasteiger charge is -2.30. The average molecular weight is 1190 g/mol. The van der Waals surface area contributed by atoms with Crippen molar-refractivity contribution in [2.75, 3.05) is 6.54 Å². The fourth-order valence-electron chi connectivity index (χ4n) is 7.96. The first-order valence-corrected chi connectivity index (χ1v) is 27.9. The Morgan fingerprint density at radius 1 is 0.476 bits per heavy atom. The summed E-state index contributed by atoms with van der Waals surface area (Å²) in [5.41, 5.74) is 17.1. The van der Waals surface area contributed by atoms with Gasteiger partial charge in [-0.05, 0) is 77.2 Å². The van der Waals surface area contributed by atoms with Gasteiger partial charge in [-0.25, -0.2) is 4.79 Å². The number of benzene rings is 1. The molecule has 1 aromatic rings. The Hall–Kier alpha value is -7.99. The number of carboxylic acids is 2. The van der Waals surface area contributed by atoms with E-state index in [2.05, 4.69) is 58.2 Å². The van der Waals surface area contributed by atoms with Gasteiger partial charge in [0.05, 0.1) is 18.2 Å². The van der Waals surface area contributed by atoms with E-state index in [0.29, 0.717) is 18.4 Å². The number of nitrogens with one attached hydrogen (secondary N) is 10. The van der Waals surface area contributed by atoms with Gasteiger partial charge in [-0.3, -0.25) is 57.7 Å². The first-order chi connectivity index (χ1) is 39.2. The van der Waals surface area contributed by atoms with Crippen molar-refractivity contribution < 1.29 is 78.0 Å². The van der Waals surface area contributed by atoms with Crippen LogP contribution < -0.4 is 70.4 Å². The lowest BCUT2D eigenvalue weighted by Crippen LogP contribution is -2.63. The highest BCUT2D eigenvalue weighted by molar-refractivity contribution is 5.99. The number of amides is 10. The third-order valence-electron chi connectivity index (χ3n) is 13.7. The second kappa shape index (κ2) is 36.6. The maximum absolute atomic E-state index is 13.9. The Kier molecular flexibility index (Phi) is 32.2. The van der Waals surface area contributed by atoms with E-state index in [4.69, 9.17) is 22.3 Å². The number of nitrogens with two attached hydrogens (primary N) is 3. The van der Waals surface area contributed by atoms with Gasteiger partial charge >= 0.3 is 11.9 Å². The van der Waals surface area contributed by atoms with Crippen LogP contribution in [-0.2, 0) is 64.0 Å². The fourth-order valence-corrected chi connectivity index (χ4v) is 7.96. The van der Waals surface area contributed by atoms with Crippen LogP contribution in [-0.4, -0.2) is 183 Å². The van der Waals surface area contributed by atoms with Crippen LogP contribution >= 0.6 is 0 Å². The zero-order chi connectivity index (χ0) is 64.3. The van der Waals surface area contributed by atoms with Gasteiger partial charge in [0.1, 0.15) is 60.4 Å². The van der Waals surface area contributed by atoms with E-state index in [1.54, 1.807) is 58.0 Å². The zero-order valence-electron chi connectivity index (χ0n) is 49.6. The van der Waals surface area contributed by atoms with Crippen LogP contribution in [0.4, 0.5) is 0 Å². The number of hydrogen-bond acceptors (Lipinski definition) is 16. The van der Waals surface area contributed by atoms with Crippen molar-refractivity contribution in [3.05, 3.63) is 35.9 Å². The molecule has 0 aliphatic heterocycles. The largest absolute Gasteiger partial charge is 0.481 e. The Balaban J connectivity index is 3.21. The summed E-state index contributed by atoms with van der Waals surface area (Å²) in [5, 5.41) is 64.7. The number of carboxylic acid groups (broad SMARTS) is 2. The number of guanidine groups is 1. The summed E-state index contributed by atoms with van der Waals surface area (Å²) in [7, 11) is 0. The number of hydrogen-bond donors (Lipinski definition) is 17. The standard InChI is InChI=1S/C54H90N14O16/c1-12-26(5)39(66-46(76)34(55)21-22-37(71)72)49(79)60-28(7)43(73)63-36(24-33-18-15-14-16-19-33)47(77)59-29(8)45(75)67-42(32(11)70)52(82)64-38(25(3)4)48(78)68-41(31(10)69)51(81)61-30(9)44(74)65-40(27(6)13-2)50(80)62-35(53(83)84)20-17-23-58-54(56)57/h14-16,18-19,25-32,34-36,38-42,69-70H,12-13,17,20-24,55H2,1-11H3,(H,59,77)(H,60,79)(H,61,81)(H,62,80)(H,63,73)(H,64,82)(H,65,74)(H,66,76)(H,67,75)(H,68,78)(H,71,72)(H,83,84)(H4,56,57,58)/t26-,27-,28-,29-,30-,31+,32+,34-,35-,36-,38-,39-,40-,41-,42-/m0/s1. The molecule has 0 saturated heterocycles. The maximum Gasteiger partial charge on any atom is 0.326 e. The molecule has 0 heterocycles. The van der Waals surface area contributed by atoms with Gasteiger partial charge in [-0.2, -0.15) is 0 Å². The molecular weight excluding hydrogens is 1100 g/mol. The van der Waals surface area contributed by atoms with Crippen LogP contribution in [0.2, 0.25) is 0 Å². The quantitative estimate of drug-likeness (QED) is 0.0171. The molecule has 0 fully saturated rings. The number of nitrogens with zero attached hydrogens (tertiary/aromatic N) is 1. The monoisotopic (exact) mass is 1190 g/mol. The summed E-state index contributed by atoms with van der Waals surface area (Å²) in [5.74, 6) is -13.5. The Bertz CT molecular complexity index is 2440. The predicted molar refractivity (Wildman–Crippen MR) is 306 cm³/mol. The van der Waals surface area contributed by atoms with Gasteiger partial charge in [0, 0.05) is 19.4 Å². The minimum Gasteiger partial charge on any atom is -0.481 e. The molecule has 0 bridgehead atoms. The second-order valence-corrected chi connectivity index (χ2v) is 21.3. The van der Waals surface area contributed by atoms with Gasteiger partial charge in [0.15, 0.2) is 5.96 Å². The molecular formula is C54H90N14O16. The van der Waals surface area contributed by atoms with E-state index in [1.807, 2.05) is 0 Å². The topological polar surface area (TPSA) is 496 Å². The van der Waals surface area contributed by atoms with Gasteiger partial charge in [-0.15, -0.1) is 0 Å². The van der Waals surface area contributed by atoms with Gasteiger partial charge in [0.25, 0.3) is 0 Å². The number of aliphatic hydroxyl groups excluding tert-OH is 2. The van der Waals surface area contributed by atoms with Gasteiger partial charge < -0.3 is 90.8 Å². The van der Waals surface area contributed by atoms with E-state index in [-0.39, 0.29) is 44.6 Å². The number of carbonyl (C=O) groups excluding carboxylic acids is 10. The number of aliphatic hydroxyl groups is 2. The smallest absolute Gasteiger partial charge is 0.326 e. The Morgan fingerprint density at radius 3 is 1.30 bits per heavy atom. The molecule has 0 aliphatic carbocycles. The Labute approximate surface area is 488 Å². The SMILES string of the molecule is CC[C@H](C)[C@H](NC(=O)[C@H](C)NC(=O)[C@@H](NC(=O)[C@@H](NC(=O)[C@@H](NC(=O)[C@H](C)NC(=O)[C@H](Cc1ccccc1)NC(=O)[C@H](C)NC(=O)[C@@H](NC(=O)[C@@H](N)CCC(=O)O)[C@@H](C)CC)[C@@H](C)O)C(C)C)[C@@H](C)O)C(=O)N[C@@H](CCCN=C(N)N)C(=O)O. The molecule has 0 spiro atoms. The predicted octanol–water partition coefficient (Wildman–Crippen LogP) is -4.02. The summed E-state index contributed by atoms with van der Waals surface area (Å²) in [6.07, 6.45) is -2.97. The summed E-state index contributed by atoms with van der Waals surface area (Å²) in [6.45, 7) is 16.1. The van der Waals surface area contributed by atoms with Crippen LogP contribution in [0.3, 0.4) is 0 Å². The molecule has 30 nitrogen and oxygen atoms in total. The van der Waals surface area contributed by atoms with Crippen molar-refractivity contribution in [2.45, 2.75) is 200 Å². The molecule has 10 amide bonds. The van der Waals surface area contributed by atoms with E-state index >= 15 is 0 Å². The fraction of sp³-hybridized carbons (Fsp3) is 0.648. The summed E-state index contributed by atoms with van der Waals surface area (Å²) < 4.78 is 0. The van der Waals surface area contributed by atoms with Gasteiger partial charge in [0.2, 0.25) is 59.1 Å². The normalized spacial score (nSPS) is 16.5. The first-order valence-electron chi connectivity index (χ1n) is 27.9. The van der Waals surface area contributed by atoms with Crippen molar-refractivity contribution in [2.24, 2.45) is 39.9 Å². The second-order valence-electron chi connectivity index (χ2n) is 21.3. The molecule has 1 aromatic carbocycles. The minimum atomic E-state index is -1.76. The third-order valence-corrected chi connectivity index (χ3v) is 13.7. The lowest BCUT2D eigenvalue weighted by molar-refractivity contribution is -0.143. The maximum atomic E-state index is 13.9. The molecule has 1 rings (SSSR count). The van der Waals surface area contributed by atoms with Crippen LogP contribution in [0, 0.1) is 17.8 Å². The summed E-state index contributed by atoms with van der Waals surface area (Å²) in [4.78, 5) is 162. The molecule has 0 aliphatic rings. The number of rotatable bonds is 37. The number of aliphatic carboxylic acids is 2. The van der Waals surface area contributed by atoms with Gasteiger partial charge in [-0.1, -0.05) is 84.7 Å². The van der Waals surface area contributed by atoms with E-state index in [1.165, 1.54) is 34.6 Å². The molecule has 0 unspecified atom stereocenters. The molecule has 0 aromatic heterocycles. The van der Waals surface area contributed by atoms with Crippen molar-refractivity contribution in [1.82, 2.24) is 53.2 Å². The van der Waals surface area contributed by atoms with Crippen molar-refractivity contribution in [3.8, 4) is 0 Å². The highest BCUT2D eigenvalue weighted by Gasteiger charge is 2.38. The molecule has 0 radical (unpaired) electrons. The highest BCUT2D eigenvalue weighted by Crippen LogP contribution is 2.13. The average Bonchev–Trinajstić information content (AvgIpc) is 3.56. The van der Waals surface area contributed by atoms with Crippen molar-refractivity contribution >= 4 is 77.0 Å². The molecule has 84 heavy (non-hydrogen) atoms. The molecule has 15 atom stereocenters. The zero-order valence-corrected chi connectivity index (χ0v) is 49.6. The lowest BCUT2D eigenvalue weighted by atomic mass is 9.97. The number of aliphatic imine (C=N–C) groups is 1. The van der Waals surface area contributed by atoms with Crippen LogP contribution in [0.25, 0.3) is 0 Å². The molecule has 0 saturated carbocycles. The third kappa shape index (κ3) is 25.7. The molecule has 472 valence electrons. The first kappa shape index (κ1) is 74.0. The van der Waals surface area contributed by atoms with E-state index in [0.717, 1.165) is 13.8 Å². The minimum absolute atomic E-state index is 0.0422. The summed E-state index contributed by atoms with van der Waals surface area (Å²) >= 11 is 0. The number of carbonyl (C=O) groups is 12. The van der Waals surface area contributed by atoms with Crippen LogP contribution in [0.15, 0.2) is 35.3 Å². The Morgan fingerprint density at radius 2 is 0.857 bits per heavy atom. The van der Waals surface area contributed by atoms with Crippen molar-refractivity contribution in [3.63, 3.8) is 0 Å². The van der Waals surface area contributed by atoms with E-state index in [9.17, 15) is 72.9 Å². The van der Waals surface area contributed by atoms with Crippen LogP contribution in [0.5, 0.6) is 0 Å². The summed E-state index contributed by atoms with van der Waals surface area (Å²) in [6, 6.07) is -7.09. The van der Waals surface area contributed by atoms with Crippen LogP contribution in [0.1, 0.15) is 120 Å². The highest BCUT2D eigenvalue weighted by atomic mass is 16.4. The van der Waals surface area contributed by atoms with E-state index < -0.39 is 167 Å². The molecule has 20 N–H and O–H groups in total. The van der Waals surface area contributed by atoms with Crippen molar-refractivity contribution in [1.29, 1.82) is 0 Å².